The van der Waals surface area contributed by atoms with Crippen molar-refractivity contribution in [2.24, 2.45) is 11.8 Å². The molecule has 0 aliphatic heterocycles. The lowest BCUT2D eigenvalue weighted by atomic mass is 10.1. The minimum absolute atomic E-state index is 0.0106. The number of hydrogen-bond donors (Lipinski definition) is 1. The average molecular weight is 268 g/mol. The zero-order valence-electron chi connectivity index (χ0n) is 10.4. The van der Waals surface area contributed by atoms with Crippen LogP contribution in [0.5, 0.6) is 0 Å². The minimum Gasteiger partial charge on any atom is -0.469 e. The van der Waals surface area contributed by atoms with Crippen LogP contribution in [0.25, 0.3) is 0 Å². The Balaban J connectivity index is 1.89. The minimum atomic E-state index is -0.329. The fourth-order valence-corrected chi connectivity index (χ4v) is 2.41. The molecule has 1 fully saturated rings. The van der Waals surface area contributed by atoms with Crippen LogP contribution in [0.1, 0.15) is 25.5 Å². The van der Waals surface area contributed by atoms with Crippen molar-refractivity contribution in [1.29, 1.82) is 0 Å². The smallest absolute Gasteiger partial charge is 0.311 e. The number of nitrogens with zero attached hydrogens (tertiary/aromatic N) is 1. The maximum Gasteiger partial charge on any atom is 0.311 e. The summed E-state index contributed by atoms with van der Waals surface area (Å²) in [4.78, 5) is 27.1. The number of carbonyl (C=O) groups is 2. The highest BCUT2D eigenvalue weighted by Crippen LogP contribution is 2.37. The molecule has 0 radical (unpaired) electrons. The third-order valence-electron chi connectivity index (χ3n) is 3.08. The Morgan fingerprint density at radius 3 is 2.94 bits per heavy atom. The van der Waals surface area contributed by atoms with Crippen molar-refractivity contribution in [3.05, 3.63) is 11.1 Å². The summed E-state index contributed by atoms with van der Waals surface area (Å²) in [6, 6.07) is 0. The van der Waals surface area contributed by atoms with Crippen LogP contribution in [0.15, 0.2) is 5.38 Å². The first kappa shape index (κ1) is 13.0. The van der Waals surface area contributed by atoms with Crippen LogP contribution in [0.3, 0.4) is 0 Å². The number of amides is 1. The van der Waals surface area contributed by atoms with E-state index in [1.54, 1.807) is 5.38 Å². The van der Waals surface area contributed by atoms with Crippen molar-refractivity contribution in [3.8, 4) is 0 Å². The Kier molecular flexibility index (Phi) is 3.96. The van der Waals surface area contributed by atoms with E-state index in [1.807, 2.05) is 6.92 Å². The highest BCUT2D eigenvalue weighted by Gasteiger charge is 2.32. The molecular weight excluding hydrogens is 252 g/mol. The van der Waals surface area contributed by atoms with Gasteiger partial charge in [-0.3, -0.25) is 9.59 Å². The summed E-state index contributed by atoms with van der Waals surface area (Å²) in [7, 11) is 1.34. The van der Waals surface area contributed by atoms with Gasteiger partial charge in [-0.2, -0.15) is 0 Å². The Labute approximate surface area is 110 Å². The number of aromatic nitrogens is 1. The number of hydrogen-bond acceptors (Lipinski definition) is 5. The predicted octanol–water partition coefficient (Wildman–Crippen LogP) is 1.84. The molecule has 1 saturated carbocycles. The van der Waals surface area contributed by atoms with Crippen molar-refractivity contribution >= 4 is 28.3 Å². The summed E-state index contributed by atoms with van der Waals surface area (Å²) in [5.74, 6) is 0.249. The molecule has 0 bridgehead atoms. The molecule has 1 unspecified atom stereocenters. The lowest BCUT2D eigenvalue weighted by Gasteiger charge is -2.08. The molecule has 1 aliphatic carbocycles. The highest BCUT2D eigenvalue weighted by molar-refractivity contribution is 7.13. The summed E-state index contributed by atoms with van der Waals surface area (Å²) >= 11 is 1.33. The second-order valence-electron chi connectivity index (χ2n) is 4.51. The normalized spacial score (nSPS) is 16.1. The van der Waals surface area contributed by atoms with E-state index < -0.39 is 0 Å². The van der Waals surface area contributed by atoms with E-state index in [0.717, 1.165) is 12.8 Å². The first-order valence-electron chi connectivity index (χ1n) is 5.92. The third-order valence-corrected chi connectivity index (χ3v) is 3.88. The Bertz CT molecular complexity index is 454. The van der Waals surface area contributed by atoms with Crippen molar-refractivity contribution in [3.63, 3.8) is 0 Å². The summed E-state index contributed by atoms with van der Waals surface area (Å²) in [5.41, 5.74) is 0.626. The Hall–Kier alpha value is -1.43. The quantitative estimate of drug-likeness (QED) is 0.827. The molecule has 5 nitrogen and oxygen atoms in total. The molecule has 0 aromatic carbocycles. The van der Waals surface area contributed by atoms with Crippen molar-refractivity contribution in [2.75, 3.05) is 12.4 Å². The van der Waals surface area contributed by atoms with Gasteiger partial charge in [0.1, 0.15) is 0 Å². The average Bonchev–Trinajstić information content (AvgIpc) is 3.11. The molecule has 1 amide bonds. The summed E-state index contributed by atoms with van der Waals surface area (Å²) in [6.45, 7) is 1.94. The van der Waals surface area contributed by atoms with Gasteiger partial charge in [0.2, 0.25) is 5.91 Å². The fourth-order valence-electron chi connectivity index (χ4n) is 1.70. The number of methoxy groups -OCH3 is 1. The van der Waals surface area contributed by atoms with Crippen LogP contribution in [0.2, 0.25) is 0 Å². The molecular formula is C12H16N2O3S. The van der Waals surface area contributed by atoms with E-state index in [9.17, 15) is 9.59 Å². The first-order valence-corrected chi connectivity index (χ1v) is 6.80. The number of anilines is 1. The molecule has 1 aliphatic rings. The summed E-state index contributed by atoms with van der Waals surface area (Å²) in [5, 5.41) is 5.10. The molecule has 2 rings (SSSR count). The van der Waals surface area contributed by atoms with E-state index in [1.165, 1.54) is 18.4 Å². The molecule has 1 heterocycles. The van der Waals surface area contributed by atoms with Gasteiger partial charge >= 0.3 is 5.97 Å². The molecule has 1 aromatic heterocycles. The summed E-state index contributed by atoms with van der Waals surface area (Å²) < 4.78 is 4.56. The monoisotopic (exact) mass is 268 g/mol. The maximum absolute atomic E-state index is 11.8. The molecule has 0 spiro atoms. The van der Waals surface area contributed by atoms with Gasteiger partial charge in [0, 0.05) is 11.3 Å². The summed E-state index contributed by atoms with van der Waals surface area (Å²) in [6.07, 6.45) is 2.42. The van der Waals surface area contributed by atoms with Crippen LogP contribution in [-0.4, -0.2) is 24.0 Å². The maximum atomic E-state index is 11.8. The fraction of sp³-hybridized carbons (Fsp3) is 0.583. The zero-order chi connectivity index (χ0) is 13.1. The molecule has 6 heteroatoms. The van der Waals surface area contributed by atoms with Gasteiger partial charge in [0.15, 0.2) is 5.13 Å². The van der Waals surface area contributed by atoms with Crippen LogP contribution >= 0.6 is 11.3 Å². The lowest BCUT2D eigenvalue weighted by Crippen LogP contribution is -2.21. The van der Waals surface area contributed by atoms with Crippen LogP contribution in [0.4, 0.5) is 5.13 Å². The Morgan fingerprint density at radius 1 is 1.61 bits per heavy atom. The Morgan fingerprint density at radius 2 is 2.33 bits per heavy atom. The van der Waals surface area contributed by atoms with Crippen molar-refractivity contribution in [1.82, 2.24) is 4.98 Å². The second kappa shape index (κ2) is 5.48. The van der Waals surface area contributed by atoms with E-state index in [4.69, 9.17) is 0 Å². The molecule has 98 valence electrons. The van der Waals surface area contributed by atoms with Gasteiger partial charge in [-0.25, -0.2) is 4.98 Å². The van der Waals surface area contributed by atoms with E-state index in [2.05, 4.69) is 15.0 Å². The first-order chi connectivity index (χ1) is 8.60. The number of thiazole rings is 1. The standard InChI is InChI=1S/C12H16N2O3S/c1-7(8-3-4-8)11(16)14-12-13-9(6-18-12)5-10(15)17-2/h6-8H,3-5H2,1-2H3,(H,13,14,16). The molecule has 1 atom stereocenters. The lowest BCUT2D eigenvalue weighted by molar-refractivity contribution is -0.139. The number of esters is 1. The van der Waals surface area contributed by atoms with E-state index >= 15 is 0 Å². The van der Waals surface area contributed by atoms with Gasteiger partial charge in [-0.1, -0.05) is 6.92 Å². The van der Waals surface area contributed by atoms with Crippen LogP contribution in [-0.2, 0) is 20.7 Å². The molecule has 18 heavy (non-hydrogen) atoms. The molecule has 0 saturated heterocycles. The van der Waals surface area contributed by atoms with Gasteiger partial charge in [0.05, 0.1) is 19.2 Å². The van der Waals surface area contributed by atoms with Gasteiger partial charge in [-0.15, -0.1) is 11.3 Å². The van der Waals surface area contributed by atoms with Crippen LogP contribution < -0.4 is 5.32 Å². The zero-order valence-corrected chi connectivity index (χ0v) is 11.3. The number of rotatable bonds is 5. The van der Waals surface area contributed by atoms with Gasteiger partial charge < -0.3 is 10.1 Å². The topological polar surface area (TPSA) is 68.3 Å². The predicted molar refractivity (Wildman–Crippen MR) is 68.4 cm³/mol. The third kappa shape index (κ3) is 3.29. The second-order valence-corrected chi connectivity index (χ2v) is 5.37. The molecule has 1 N–H and O–H groups in total. The number of ether oxygens (including phenoxy) is 1. The van der Waals surface area contributed by atoms with Gasteiger partial charge in [0.25, 0.3) is 0 Å². The SMILES string of the molecule is COC(=O)Cc1csc(NC(=O)C(C)C2CC2)n1. The largest absolute Gasteiger partial charge is 0.469 e. The van der Waals surface area contributed by atoms with Gasteiger partial charge in [-0.05, 0) is 18.8 Å². The molecule has 1 aromatic rings. The number of carbonyl (C=O) groups excluding carboxylic acids is 2. The number of nitrogens with one attached hydrogen (secondary N) is 1. The highest BCUT2D eigenvalue weighted by atomic mass is 32.1. The van der Waals surface area contributed by atoms with Crippen LogP contribution in [0, 0.1) is 11.8 Å². The van der Waals surface area contributed by atoms with Crippen molar-refractivity contribution in [2.45, 2.75) is 26.2 Å². The van der Waals surface area contributed by atoms with Crippen molar-refractivity contribution < 1.29 is 14.3 Å². The van der Waals surface area contributed by atoms with E-state index in [0.29, 0.717) is 16.7 Å². The van der Waals surface area contributed by atoms with E-state index in [-0.39, 0.29) is 24.2 Å².